The van der Waals surface area contributed by atoms with Gasteiger partial charge in [0.2, 0.25) is 5.91 Å². The maximum Gasteiger partial charge on any atom is 0.319 e. The quantitative estimate of drug-likeness (QED) is 0.304. The number of hydrogen-bond donors (Lipinski definition) is 4. The van der Waals surface area contributed by atoms with Gasteiger partial charge in [-0.3, -0.25) is 9.59 Å². The molecule has 1 aliphatic rings. The molecule has 0 aromatic heterocycles. The Labute approximate surface area is 243 Å². The van der Waals surface area contributed by atoms with Crippen molar-refractivity contribution in [3.05, 3.63) is 101 Å². The molecule has 0 radical (unpaired) electrons. The predicted molar refractivity (Wildman–Crippen MR) is 159 cm³/mol. The van der Waals surface area contributed by atoms with Gasteiger partial charge in [0, 0.05) is 17.0 Å². The van der Waals surface area contributed by atoms with Crippen LogP contribution in [0.4, 0.5) is 14.9 Å². The molecule has 0 spiro atoms. The molecule has 1 aliphatic heterocycles. The highest BCUT2D eigenvalue weighted by Crippen LogP contribution is 2.40. The summed E-state index contributed by atoms with van der Waals surface area (Å²) in [6.45, 7) is 6.07. The number of anilines is 1. The second-order valence-electron chi connectivity index (χ2n) is 10.6. The normalized spacial score (nSPS) is 17.4. The van der Waals surface area contributed by atoms with Crippen LogP contribution in [0.25, 0.3) is 0 Å². The van der Waals surface area contributed by atoms with Gasteiger partial charge < -0.3 is 26.0 Å². The fourth-order valence-electron chi connectivity index (χ4n) is 4.82. The summed E-state index contributed by atoms with van der Waals surface area (Å²) in [7, 11) is 0. The lowest BCUT2D eigenvalue weighted by atomic mass is 9.97. The first-order chi connectivity index (χ1) is 19.5. The predicted octanol–water partition coefficient (Wildman–Crippen LogP) is 4.22. The average Bonchev–Trinajstić information content (AvgIpc) is 3.27. The lowest BCUT2D eigenvalue weighted by Crippen LogP contribution is -2.59. The molecular weight excluding hydrogens is 543 g/mol. The number of halogens is 1. The zero-order valence-corrected chi connectivity index (χ0v) is 24.1. The summed E-state index contributed by atoms with van der Waals surface area (Å²) in [6, 6.07) is 19.7. The molecule has 1 saturated heterocycles. The van der Waals surface area contributed by atoms with E-state index in [1.54, 1.807) is 0 Å². The van der Waals surface area contributed by atoms with Crippen LogP contribution in [0.5, 0.6) is 0 Å². The largest absolute Gasteiger partial charge is 0.381 e. The van der Waals surface area contributed by atoms with Crippen molar-refractivity contribution in [3.8, 4) is 0 Å². The number of amides is 4. The summed E-state index contributed by atoms with van der Waals surface area (Å²) < 4.78 is 12.7. The molecule has 4 amide bonds. The van der Waals surface area contributed by atoms with Crippen LogP contribution in [0, 0.1) is 12.7 Å². The van der Waals surface area contributed by atoms with Crippen molar-refractivity contribution in [2.24, 2.45) is 0 Å². The topological polar surface area (TPSA) is 111 Å². The number of aliphatic hydroxyl groups is 1. The van der Waals surface area contributed by atoms with Gasteiger partial charge in [-0.2, -0.15) is 0 Å². The molecule has 41 heavy (non-hydrogen) atoms. The highest BCUT2D eigenvalue weighted by atomic mass is 32.2. The van der Waals surface area contributed by atoms with Crippen molar-refractivity contribution in [2.75, 3.05) is 11.2 Å². The van der Waals surface area contributed by atoms with Crippen LogP contribution in [0.3, 0.4) is 0 Å². The van der Waals surface area contributed by atoms with Crippen LogP contribution >= 0.6 is 11.8 Å². The molecule has 0 bridgehead atoms. The third kappa shape index (κ3) is 7.65. The fraction of sp³-hybridized carbons (Fsp3) is 0.323. The van der Waals surface area contributed by atoms with Crippen LogP contribution in [0.2, 0.25) is 0 Å². The molecule has 10 heteroatoms. The van der Waals surface area contributed by atoms with Gasteiger partial charge in [0.05, 0.1) is 11.9 Å². The maximum absolute atomic E-state index is 13.8. The van der Waals surface area contributed by atoms with E-state index >= 15 is 0 Å². The number of aliphatic hydroxyl groups excluding tert-OH is 1. The second kappa shape index (κ2) is 13.2. The van der Waals surface area contributed by atoms with Gasteiger partial charge in [-0.1, -0.05) is 54.6 Å². The molecule has 216 valence electrons. The van der Waals surface area contributed by atoms with Crippen molar-refractivity contribution in [2.45, 2.75) is 56.7 Å². The van der Waals surface area contributed by atoms with Crippen molar-refractivity contribution >= 4 is 35.3 Å². The van der Waals surface area contributed by atoms with Crippen molar-refractivity contribution in [1.29, 1.82) is 0 Å². The maximum atomic E-state index is 13.8. The Balaban J connectivity index is 1.50. The molecule has 3 aromatic carbocycles. The Morgan fingerprint density at radius 2 is 1.68 bits per heavy atom. The zero-order valence-electron chi connectivity index (χ0n) is 23.3. The van der Waals surface area contributed by atoms with Crippen molar-refractivity contribution in [1.82, 2.24) is 15.5 Å². The fourth-order valence-corrected chi connectivity index (χ4v) is 5.96. The minimum Gasteiger partial charge on any atom is -0.381 e. The van der Waals surface area contributed by atoms with E-state index < -0.39 is 40.7 Å². The molecule has 3 unspecified atom stereocenters. The Morgan fingerprint density at radius 1 is 1.02 bits per heavy atom. The summed E-state index contributed by atoms with van der Waals surface area (Å²) in [6.07, 6.45) is -1.46. The number of carbonyl (C=O) groups is 3. The summed E-state index contributed by atoms with van der Waals surface area (Å²) in [5.74, 6) is -1.19. The third-order valence-electron chi connectivity index (χ3n) is 7.14. The summed E-state index contributed by atoms with van der Waals surface area (Å²) in [4.78, 5) is 41.4. The first-order valence-electron chi connectivity index (χ1n) is 13.4. The minimum atomic E-state index is -1.63. The van der Waals surface area contributed by atoms with Gasteiger partial charge in [0.1, 0.15) is 11.9 Å². The number of benzene rings is 3. The standard InChI is InChI=1S/C31H35FN4O4S/c1-20-9-7-8-12-22(20)18-33-28(38)27-31(2,3)41-19-36(27)29(39)26(37)25(17-21-10-5-4-6-11-21)35-30(40)34-24-15-13-23(32)14-16-24/h4-16,25-27,37H,17-19H2,1-3H3,(H,33,38)(H2,34,35,40). The molecule has 8 nitrogen and oxygen atoms in total. The van der Waals surface area contributed by atoms with Crippen LogP contribution in [-0.2, 0) is 22.6 Å². The molecule has 4 rings (SSSR count). The van der Waals surface area contributed by atoms with E-state index in [0.29, 0.717) is 12.2 Å². The molecule has 1 heterocycles. The number of carbonyl (C=O) groups excluding carboxylic acids is 3. The number of urea groups is 1. The van der Waals surface area contributed by atoms with Gasteiger partial charge in [-0.15, -0.1) is 11.8 Å². The molecule has 3 atom stereocenters. The van der Waals surface area contributed by atoms with E-state index in [9.17, 15) is 23.9 Å². The molecule has 3 aromatic rings. The SMILES string of the molecule is Cc1ccccc1CNC(=O)C1N(C(=O)C(O)C(Cc2ccccc2)NC(=O)Nc2ccc(F)cc2)CSC1(C)C. The number of aryl methyl sites for hydroxylation is 1. The lowest BCUT2D eigenvalue weighted by Gasteiger charge is -2.33. The molecule has 4 N–H and O–H groups in total. The highest BCUT2D eigenvalue weighted by Gasteiger charge is 2.49. The number of rotatable bonds is 9. The number of thioether (sulfide) groups is 1. The van der Waals surface area contributed by atoms with E-state index in [0.717, 1.165) is 16.7 Å². The van der Waals surface area contributed by atoms with Crippen LogP contribution in [-0.4, -0.2) is 56.7 Å². The van der Waals surface area contributed by atoms with Gasteiger partial charge in [0.15, 0.2) is 6.10 Å². The van der Waals surface area contributed by atoms with Gasteiger partial charge in [-0.05, 0) is 68.1 Å². The van der Waals surface area contributed by atoms with Crippen LogP contribution < -0.4 is 16.0 Å². The lowest BCUT2D eigenvalue weighted by molar-refractivity contribution is -0.147. The summed E-state index contributed by atoms with van der Waals surface area (Å²) in [5, 5.41) is 19.6. The Bertz CT molecular complexity index is 1370. The van der Waals surface area contributed by atoms with E-state index in [2.05, 4.69) is 16.0 Å². The zero-order chi connectivity index (χ0) is 29.6. The minimum absolute atomic E-state index is 0.166. The van der Waals surface area contributed by atoms with Gasteiger partial charge in [-0.25, -0.2) is 9.18 Å². The monoisotopic (exact) mass is 578 g/mol. The second-order valence-corrected chi connectivity index (χ2v) is 12.2. The average molecular weight is 579 g/mol. The van der Waals surface area contributed by atoms with Crippen molar-refractivity contribution < 1.29 is 23.9 Å². The molecule has 0 aliphatic carbocycles. The van der Waals surface area contributed by atoms with Gasteiger partial charge >= 0.3 is 6.03 Å². The molecule has 0 saturated carbocycles. The van der Waals surface area contributed by atoms with Crippen molar-refractivity contribution in [3.63, 3.8) is 0 Å². The first kappa shape index (κ1) is 30.1. The van der Waals surface area contributed by atoms with E-state index in [-0.39, 0.29) is 18.2 Å². The third-order valence-corrected chi connectivity index (χ3v) is 8.52. The Hall–Kier alpha value is -3.89. The van der Waals surface area contributed by atoms with Gasteiger partial charge in [0.25, 0.3) is 5.91 Å². The number of hydrogen-bond acceptors (Lipinski definition) is 5. The number of nitrogens with zero attached hydrogens (tertiary/aromatic N) is 1. The Kier molecular flexibility index (Phi) is 9.67. The van der Waals surface area contributed by atoms with E-state index in [4.69, 9.17) is 0 Å². The first-order valence-corrected chi connectivity index (χ1v) is 14.4. The number of nitrogens with one attached hydrogen (secondary N) is 3. The van der Waals surface area contributed by atoms with Crippen LogP contribution in [0.1, 0.15) is 30.5 Å². The summed E-state index contributed by atoms with van der Waals surface area (Å²) in [5.41, 5.74) is 3.17. The summed E-state index contributed by atoms with van der Waals surface area (Å²) >= 11 is 1.45. The van der Waals surface area contributed by atoms with E-state index in [1.165, 1.54) is 40.9 Å². The van der Waals surface area contributed by atoms with E-state index in [1.807, 2.05) is 75.4 Å². The molecular formula is C31H35FN4O4S. The highest BCUT2D eigenvalue weighted by molar-refractivity contribution is 8.00. The van der Waals surface area contributed by atoms with Crippen LogP contribution in [0.15, 0.2) is 78.9 Å². The molecule has 1 fully saturated rings. The smallest absolute Gasteiger partial charge is 0.319 e. The Morgan fingerprint density at radius 3 is 2.37 bits per heavy atom.